The van der Waals surface area contributed by atoms with Crippen LogP contribution in [0.15, 0.2) is 91.0 Å². The van der Waals surface area contributed by atoms with Gasteiger partial charge in [0.2, 0.25) is 0 Å². The Labute approximate surface area is 186 Å². The van der Waals surface area contributed by atoms with Gasteiger partial charge in [0, 0.05) is 27.7 Å². The summed E-state index contributed by atoms with van der Waals surface area (Å²) in [6, 6.07) is 29.9. The summed E-state index contributed by atoms with van der Waals surface area (Å²) in [6.07, 6.45) is 1.82. The molecule has 0 radical (unpaired) electrons. The first kappa shape index (κ1) is 19.8. The minimum Gasteiger partial charge on any atom is -0.324 e. The molecule has 1 fully saturated rings. The maximum absolute atomic E-state index is 12.4. The van der Waals surface area contributed by atoms with Gasteiger partial charge in [-0.1, -0.05) is 72.3 Å². The molecule has 4 heteroatoms. The first-order valence-corrected chi connectivity index (χ1v) is 10.8. The van der Waals surface area contributed by atoms with Crippen molar-refractivity contribution in [2.24, 2.45) is 5.73 Å². The first-order chi connectivity index (χ1) is 15.0. The van der Waals surface area contributed by atoms with Gasteiger partial charge in [0.1, 0.15) is 0 Å². The second-order valence-electron chi connectivity index (χ2n) is 8.43. The number of nitrogens with one attached hydrogen (secondary N) is 1. The summed E-state index contributed by atoms with van der Waals surface area (Å²) in [7, 11) is 0. The highest BCUT2D eigenvalue weighted by molar-refractivity contribution is 6.31. The number of hydrogen-bond acceptors (Lipinski definition) is 2. The maximum atomic E-state index is 12.4. The van der Waals surface area contributed by atoms with Gasteiger partial charge >= 0.3 is 0 Å². The second-order valence-corrected chi connectivity index (χ2v) is 8.87. The van der Waals surface area contributed by atoms with Gasteiger partial charge in [-0.05, 0) is 65.1 Å². The molecule has 4 aromatic rings. The fourth-order valence-corrected chi connectivity index (χ4v) is 4.52. The van der Waals surface area contributed by atoms with E-state index in [1.54, 1.807) is 24.3 Å². The van der Waals surface area contributed by atoms with Crippen LogP contribution >= 0.6 is 11.6 Å². The lowest BCUT2D eigenvalue weighted by molar-refractivity contribution is 0.102. The van der Waals surface area contributed by atoms with Crippen LogP contribution < -0.4 is 11.1 Å². The Morgan fingerprint density at radius 3 is 2.48 bits per heavy atom. The van der Waals surface area contributed by atoms with Gasteiger partial charge < -0.3 is 11.1 Å². The largest absolute Gasteiger partial charge is 0.324 e. The second kappa shape index (κ2) is 7.84. The minimum atomic E-state index is -0.214. The van der Waals surface area contributed by atoms with Gasteiger partial charge in [0.25, 0.3) is 5.91 Å². The van der Waals surface area contributed by atoms with Gasteiger partial charge in [-0.25, -0.2) is 0 Å². The third kappa shape index (κ3) is 4.20. The number of hydrogen-bond donors (Lipinski definition) is 2. The van der Waals surface area contributed by atoms with E-state index in [1.807, 2.05) is 12.1 Å². The number of fused-ring (bicyclic) bond motifs is 1. The average Bonchev–Trinajstić information content (AvgIpc) is 3.44. The fraction of sp³-hybridized carbons (Fsp3) is 0.148. The highest BCUT2D eigenvalue weighted by Gasteiger charge is 2.51. The van der Waals surface area contributed by atoms with Crippen LogP contribution in [0.2, 0.25) is 5.02 Å². The fourth-order valence-electron chi connectivity index (χ4n) is 4.33. The molecule has 2 atom stereocenters. The maximum Gasteiger partial charge on any atom is 0.255 e. The third-order valence-corrected chi connectivity index (χ3v) is 6.36. The van der Waals surface area contributed by atoms with Crippen LogP contribution in [0.5, 0.6) is 0 Å². The zero-order valence-corrected chi connectivity index (χ0v) is 17.8. The van der Waals surface area contributed by atoms with Crippen molar-refractivity contribution in [3.05, 3.63) is 113 Å². The normalized spacial score (nSPS) is 19.9. The van der Waals surface area contributed by atoms with E-state index in [0.717, 1.165) is 18.5 Å². The summed E-state index contributed by atoms with van der Waals surface area (Å²) in [4.78, 5) is 12.4. The van der Waals surface area contributed by atoms with Crippen LogP contribution in [0.3, 0.4) is 0 Å². The van der Waals surface area contributed by atoms with Crippen molar-refractivity contribution < 1.29 is 4.79 Å². The molecule has 0 aromatic heterocycles. The molecule has 31 heavy (non-hydrogen) atoms. The molecule has 154 valence electrons. The number of amides is 1. The Hall–Kier alpha value is -3.14. The standard InChI is InChI=1S/C27H23ClN2O/c28-23-7-3-6-22(15-23)26(31)30-24-12-10-20(11-13-24)25-17-27(25,29)16-18-8-9-19-4-1-2-5-21(19)14-18/h1-15,25H,16-17,29H2,(H,30,31). The summed E-state index contributed by atoms with van der Waals surface area (Å²) < 4.78 is 0. The van der Waals surface area contributed by atoms with E-state index < -0.39 is 0 Å². The molecule has 4 aromatic carbocycles. The SMILES string of the molecule is NC1(Cc2ccc3ccccc3c2)CC1c1ccc(NC(=O)c2cccc(Cl)c2)cc1. The molecule has 0 heterocycles. The zero-order valence-electron chi connectivity index (χ0n) is 17.0. The molecule has 0 spiro atoms. The highest BCUT2D eigenvalue weighted by Crippen LogP contribution is 2.51. The van der Waals surface area contributed by atoms with Crippen molar-refractivity contribution in [2.45, 2.75) is 24.3 Å². The number of carbonyl (C=O) groups excluding carboxylic acids is 1. The van der Waals surface area contributed by atoms with Crippen LogP contribution in [-0.4, -0.2) is 11.4 Å². The predicted octanol–water partition coefficient (Wildman–Crippen LogP) is 6.17. The van der Waals surface area contributed by atoms with E-state index in [4.69, 9.17) is 17.3 Å². The predicted molar refractivity (Wildman–Crippen MR) is 128 cm³/mol. The van der Waals surface area contributed by atoms with E-state index in [1.165, 1.54) is 21.9 Å². The topological polar surface area (TPSA) is 55.1 Å². The van der Waals surface area contributed by atoms with Gasteiger partial charge in [0.15, 0.2) is 0 Å². The number of anilines is 1. The van der Waals surface area contributed by atoms with E-state index in [-0.39, 0.29) is 11.4 Å². The Morgan fingerprint density at radius 2 is 1.71 bits per heavy atom. The molecule has 3 nitrogen and oxygen atoms in total. The highest BCUT2D eigenvalue weighted by atomic mass is 35.5. The molecule has 1 amide bonds. The van der Waals surface area contributed by atoms with Gasteiger partial charge in [-0.15, -0.1) is 0 Å². The third-order valence-electron chi connectivity index (χ3n) is 6.12. The van der Waals surface area contributed by atoms with Crippen LogP contribution in [0, 0.1) is 0 Å². The molecule has 0 bridgehead atoms. The van der Waals surface area contributed by atoms with Crippen molar-refractivity contribution >= 4 is 34.0 Å². The minimum absolute atomic E-state index is 0.175. The van der Waals surface area contributed by atoms with Crippen LogP contribution in [0.4, 0.5) is 5.69 Å². The average molecular weight is 427 g/mol. The van der Waals surface area contributed by atoms with Gasteiger partial charge in [0.05, 0.1) is 0 Å². The summed E-state index contributed by atoms with van der Waals surface area (Å²) in [5.41, 5.74) is 10.3. The zero-order chi connectivity index (χ0) is 21.4. The van der Waals surface area contributed by atoms with Crippen molar-refractivity contribution in [3.8, 4) is 0 Å². The number of carbonyl (C=O) groups is 1. The van der Waals surface area contributed by atoms with Crippen molar-refractivity contribution in [1.29, 1.82) is 0 Å². The van der Waals surface area contributed by atoms with E-state index in [9.17, 15) is 4.79 Å². The summed E-state index contributed by atoms with van der Waals surface area (Å²) in [6.45, 7) is 0. The number of benzene rings is 4. The van der Waals surface area contributed by atoms with E-state index in [2.05, 4.69) is 59.9 Å². The monoisotopic (exact) mass is 426 g/mol. The summed E-state index contributed by atoms with van der Waals surface area (Å²) in [5.74, 6) is 0.155. The van der Waals surface area contributed by atoms with E-state index >= 15 is 0 Å². The van der Waals surface area contributed by atoms with Gasteiger partial charge in [-0.2, -0.15) is 0 Å². The summed E-state index contributed by atoms with van der Waals surface area (Å²) in [5, 5.41) is 5.97. The number of halogens is 1. The quantitative estimate of drug-likeness (QED) is 0.400. The molecule has 0 saturated heterocycles. The molecule has 1 aliphatic rings. The summed E-state index contributed by atoms with van der Waals surface area (Å²) >= 11 is 5.98. The molecule has 2 unspecified atom stereocenters. The van der Waals surface area contributed by atoms with Crippen molar-refractivity contribution in [1.82, 2.24) is 0 Å². The van der Waals surface area contributed by atoms with Crippen molar-refractivity contribution in [2.75, 3.05) is 5.32 Å². The lowest BCUT2D eigenvalue weighted by atomic mass is 9.97. The molecule has 3 N–H and O–H groups in total. The van der Waals surface area contributed by atoms with Crippen molar-refractivity contribution in [3.63, 3.8) is 0 Å². The number of nitrogens with two attached hydrogens (primary N) is 1. The Morgan fingerprint density at radius 1 is 0.935 bits per heavy atom. The molecule has 1 saturated carbocycles. The molecular weight excluding hydrogens is 404 g/mol. The Kier molecular flexibility index (Phi) is 5.01. The molecule has 0 aliphatic heterocycles. The first-order valence-electron chi connectivity index (χ1n) is 10.4. The van der Waals surface area contributed by atoms with Crippen LogP contribution in [0.25, 0.3) is 10.8 Å². The molecular formula is C27H23ClN2O. The molecule has 1 aliphatic carbocycles. The lowest BCUT2D eigenvalue weighted by Gasteiger charge is -2.13. The molecule has 5 rings (SSSR count). The smallest absolute Gasteiger partial charge is 0.255 e. The van der Waals surface area contributed by atoms with Crippen LogP contribution in [-0.2, 0) is 6.42 Å². The lowest BCUT2D eigenvalue weighted by Crippen LogP contribution is -2.27. The van der Waals surface area contributed by atoms with Crippen LogP contribution in [0.1, 0.15) is 33.8 Å². The number of rotatable bonds is 5. The Bertz CT molecular complexity index is 1270. The Balaban J connectivity index is 1.25. The van der Waals surface area contributed by atoms with E-state index in [0.29, 0.717) is 16.5 Å². The van der Waals surface area contributed by atoms with Gasteiger partial charge in [-0.3, -0.25) is 4.79 Å².